The summed E-state index contributed by atoms with van der Waals surface area (Å²) in [6.07, 6.45) is 0.868. The highest BCUT2D eigenvalue weighted by atomic mass is 35.5. The zero-order valence-electron chi connectivity index (χ0n) is 16.9. The SMILES string of the molecule is CC(=O)Nc1ccc(NC(=O)C2CCN(S(=O)(=O)Cc3ccc(Cl)cc3Cl)CC2)cc1. The summed E-state index contributed by atoms with van der Waals surface area (Å²) in [6.45, 7) is 1.96. The van der Waals surface area contributed by atoms with E-state index in [1.165, 1.54) is 17.3 Å². The lowest BCUT2D eigenvalue weighted by atomic mass is 9.97. The fourth-order valence-electron chi connectivity index (χ4n) is 3.41. The maximum absolute atomic E-state index is 12.8. The third-order valence-electron chi connectivity index (χ3n) is 5.04. The van der Waals surface area contributed by atoms with E-state index < -0.39 is 10.0 Å². The highest BCUT2D eigenvalue weighted by Gasteiger charge is 2.31. The third-order valence-corrected chi connectivity index (χ3v) is 7.46. The summed E-state index contributed by atoms with van der Waals surface area (Å²) in [4.78, 5) is 23.6. The zero-order valence-corrected chi connectivity index (χ0v) is 19.2. The second-order valence-electron chi connectivity index (χ2n) is 7.41. The molecule has 2 aromatic carbocycles. The second-order valence-corrected chi connectivity index (χ2v) is 10.2. The normalized spacial score (nSPS) is 15.5. The molecule has 0 atom stereocenters. The monoisotopic (exact) mass is 483 g/mol. The van der Waals surface area contributed by atoms with Crippen LogP contribution < -0.4 is 10.6 Å². The number of carbonyl (C=O) groups is 2. The largest absolute Gasteiger partial charge is 0.326 e. The lowest BCUT2D eigenvalue weighted by molar-refractivity contribution is -0.121. The van der Waals surface area contributed by atoms with Gasteiger partial charge in [-0.15, -0.1) is 0 Å². The molecule has 166 valence electrons. The molecule has 2 amide bonds. The summed E-state index contributed by atoms with van der Waals surface area (Å²) >= 11 is 12.0. The van der Waals surface area contributed by atoms with Gasteiger partial charge >= 0.3 is 0 Å². The number of hydrogen-bond acceptors (Lipinski definition) is 4. The Labute approximate surface area is 191 Å². The van der Waals surface area contributed by atoms with Crippen molar-refractivity contribution in [3.63, 3.8) is 0 Å². The number of amides is 2. The Morgan fingerprint density at radius 3 is 2.13 bits per heavy atom. The highest BCUT2D eigenvalue weighted by Crippen LogP contribution is 2.27. The van der Waals surface area contributed by atoms with Crippen molar-refractivity contribution in [1.82, 2.24) is 4.31 Å². The molecule has 0 radical (unpaired) electrons. The Bertz CT molecular complexity index is 1070. The summed E-state index contributed by atoms with van der Waals surface area (Å²) in [5.74, 6) is -0.803. The molecule has 0 saturated carbocycles. The van der Waals surface area contributed by atoms with Crippen LogP contribution in [0.4, 0.5) is 11.4 Å². The molecule has 1 heterocycles. The van der Waals surface area contributed by atoms with Gasteiger partial charge in [0.1, 0.15) is 0 Å². The van der Waals surface area contributed by atoms with E-state index in [9.17, 15) is 18.0 Å². The van der Waals surface area contributed by atoms with Gasteiger partial charge in [-0.05, 0) is 54.8 Å². The molecule has 1 aliphatic heterocycles. The van der Waals surface area contributed by atoms with Gasteiger partial charge in [0, 0.05) is 47.4 Å². The van der Waals surface area contributed by atoms with Crippen LogP contribution in [-0.2, 0) is 25.4 Å². The van der Waals surface area contributed by atoms with Crippen molar-refractivity contribution >= 4 is 56.4 Å². The van der Waals surface area contributed by atoms with E-state index >= 15 is 0 Å². The van der Waals surface area contributed by atoms with Crippen molar-refractivity contribution in [1.29, 1.82) is 0 Å². The first-order valence-electron chi connectivity index (χ1n) is 9.74. The van der Waals surface area contributed by atoms with Crippen molar-refractivity contribution in [2.45, 2.75) is 25.5 Å². The van der Waals surface area contributed by atoms with Crippen LogP contribution in [0, 0.1) is 5.92 Å². The molecule has 0 bridgehead atoms. The predicted molar refractivity (Wildman–Crippen MR) is 123 cm³/mol. The van der Waals surface area contributed by atoms with Crippen molar-refractivity contribution in [3.8, 4) is 0 Å². The quantitative estimate of drug-likeness (QED) is 0.645. The molecule has 1 fully saturated rings. The number of benzene rings is 2. The van der Waals surface area contributed by atoms with Crippen molar-refractivity contribution in [2.24, 2.45) is 5.92 Å². The van der Waals surface area contributed by atoms with Crippen LogP contribution in [0.1, 0.15) is 25.3 Å². The van der Waals surface area contributed by atoms with E-state index in [1.807, 2.05) is 0 Å². The number of halogens is 2. The number of hydrogen-bond donors (Lipinski definition) is 2. The molecule has 1 aliphatic rings. The van der Waals surface area contributed by atoms with Crippen LogP contribution in [-0.4, -0.2) is 37.6 Å². The average Bonchev–Trinajstić information content (AvgIpc) is 2.71. The van der Waals surface area contributed by atoms with Crippen LogP contribution in [0.5, 0.6) is 0 Å². The topological polar surface area (TPSA) is 95.6 Å². The zero-order chi connectivity index (χ0) is 22.6. The van der Waals surface area contributed by atoms with Crippen LogP contribution in [0.15, 0.2) is 42.5 Å². The summed E-state index contributed by atoms with van der Waals surface area (Å²) in [5.41, 5.74) is 1.75. The molecule has 3 rings (SSSR count). The maximum atomic E-state index is 12.8. The van der Waals surface area contributed by atoms with Crippen LogP contribution in [0.2, 0.25) is 10.0 Å². The third kappa shape index (κ3) is 6.43. The summed E-state index contributed by atoms with van der Waals surface area (Å²) in [6, 6.07) is 11.6. The Morgan fingerprint density at radius 1 is 1.00 bits per heavy atom. The molecular formula is C21H23Cl2N3O4S. The van der Waals surface area contributed by atoms with Crippen LogP contribution in [0.3, 0.4) is 0 Å². The minimum Gasteiger partial charge on any atom is -0.326 e. The van der Waals surface area contributed by atoms with Gasteiger partial charge in [0.05, 0.1) is 5.75 Å². The number of anilines is 2. The van der Waals surface area contributed by atoms with Crippen LogP contribution in [0.25, 0.3) is 0 Å². The molecule has 10 heteroatoms. The van der Waals surface area contributed by atoms with Gasteiger partial charge in [0.15, 0.2) is 0 Å². The average molecular weight is 484 g/mol. The number of rotatable bonds is 6. The summed E-state index contributed by atoms with van der Waals surface area (Å²) < 4.78 is 27.0. The van der Waals surface area contributed by atoms with E-state index in [-0.39, 0.29) is 36.6 Å². The van der Waals surface area contributed by atoms with Gasteiger partial charge in [-0.3, -0.25) is 9.59 Å². The minimum absolute atomic E-state index is 0.148. The number of piperidine rings is 1. The number of nitrogens with one attached hydrogen (secondary N) is 2. The number of carbonyl (C=O) groups excluding carboxylic acids is 2. The Balaban J connectivity index is 1.54. The van der Waals surface area contributed by atoms with Crippen LogP contribution >= 0.6 is 23.2 Å². The smallest absolute Gasteiger partial charge is 0.227 e. The number of sulfonamides is 1. The Hall–Kier alpha value is -2.13. The molecule has 1 saturated heterocycles. The van der Waals surface area contributed by atoms with E-state index in [0.29, 0.717) is 39.8 Å². The first-order valence-corrected chi connectivity index (χ1v) is 12.1. The fraction of sp³-hybridized carbons (Fsp3) is 0.333. The van der Waals surface area contributed by atoms with Gasteiger partial charge in [-0.1, -0.05) is 29.3 Å². The molecule has 0 aromatic heterocycles. The number of nitrogens with zero attached hydrogens (tertiary/aromatic N) is 1. The van der Waals surface area contributed by atoms with E-state index in [4.69, 9.17) is 23.2 Å². The van der Waals surface area contributed by atoms with Crippen molar-refractivity contribution < 1.29 is 18.0 Å². The lowest BCUT2D eigenvalue weighted by Crippen LogP contribution is -2.41. The van der Waals surface area contributed by atoms with Gasteiger partial charge in [-0.25, -0.2) is 12.7 Å². The van der Waals surface area contributed by atoms with E-state index in [1.54, 1.807) is 36.4 Å². The van der Waals surface area contributed by atoms with Crippen molar-refractivity contribution in [2.75, 3.05) is 23.7 Å². The minimum atomic E-state index is -3.55. The first kappa shape index (κ1) is 23.5. The standard InChI is InChI=1S/C21H23Cl2N3O4S/c1-14(27)24-18-4-6-19(7-5-18)25-21(28)15-8-10-26(11-9-15)31(29,30)13-16-2-3-17(22)12-20(16)23/h2-7,12,15H,8-11,13H2,1H3,(H,24,27)(H,25,28). The fourth-order valence-corrected chi connectivity index (χ4v) is 5.56. The molecule has 31 heavy (non-hydrogen) atoms. The molecule has 2 aromatic rings. The molecular weight excluding hydrogens is 461 g/mol. The molecule has 2 N–H and O–H groups in total. The predicted octanol–water partition coefficient (Wildman–Crippen LogP) is 4.13. The van der Waals surface area contributed by atoms with Gasteiger partial charge in [0.25, 0.3) is 0 Å². The summed E-state index contributed by atoms with van der Waals surface area (Å²) in [5, 5.41) is 6.27. The summed E-state index contributed by atoms with van der Waals surface area (Å²) in [7, 11) is -3.55. The Morgan fingerprint density at radius 2 is 1.58 bits per heavy atom. The van der Waals surface area contributed by atoms with Gasteiger partial charge < -0.3 is 10.6 Å². The van der Waals surface area contributed by atoms with Crippen molar-refractivity contribution in [3.05, 3.63) is 58.1 Å². The molecule has 0 spiro atoms. The van der Waals surface area contributed by atoms with E-state index in [2.05, 4.69) is 10.6 Å². The lowest BCUT2D eigenvalue weighted by Gasteiger charge is -2.30. The Kier molecular flexibility index (Phi) is 7.59. The molecule has 0 unspecified atom stereocenters. The molecule has 7 nitrogen and oxygen atoms in total. The van der Waals surface area contributed by atoms with Gasteiger partial charge in [-0.2, -0.15) is 0 Å². The molecule has 0 aliphatic carbocycles. The maximum Gasteiger partial charge on any atom is 0.227 e. The first-order chi connectivity index (χ1) is 14.6. The van der Waals surface area contributed by atoms with Gasteiger partial charge in [0.2, 0.25) is 21.8 Å². The second kappa shape index (κ2) is 9.99. The highest BCUT2D eigenvalue weighted by molar-refractivity contribution is 7.88. The van der Waals surface area contributed by atoms with E-state index in [0.717, 1.165) is 0 Å².